The van der Waals surface area contributed by atoms with Crippen LogP contribution in [-0.2, 0) is 11.3 Å². The summed E-state index contributed by atoms with van der Waals surface area (Å²) in [6.07, 6.45) is 0. The van der Waals surface area contributed by atoms with Gasteiger partial charge in [0, 0.05) is 13.5 Å². The lowest BCUT2D eigenvalue weighted by Crippen LogP contribution is -2.26. The zero-order valence-corrected chi connectivity index (χ0v) is 6.06. The van der Waals surface area contributed by atoms with Crippen molar-refractivity contribution in [3.63, 3.8) is 0 Å². The van der Waals surface area contributed by atoms with E-state index in [2.05, 4.69) is 15.5 Å². The van der Waals surface area contributed by atoms with Gasteiger partial charge in [-0.3, -0.25) is 9.69 Å². The first kappa shape index (κ1) is 6.26. The van der Waals surface area contributed by atoms with Gasteiger partial charge < -0.3 is 0 Å². The molecule has 0 saturated carbocycles. The maximum absolute atomic E-state index is 10.9. The molecule has 1 aliphatic rings. The Hall–Kier alpha value is -1.46. The first-order chi connectivity index (χ1) is 5.29. The van der Waals surface area contributed by atoms with Gasteiger partial charge in [0.1, 0.15) is 0 Å². The van der Waals surface area contributed by atoms with Crippen LogP contribution in [0, 0.1) is 0 Å². The van der Waals surface area contributed by atoms with Crippen LogP contribution in [0.1, 0.15) is 6.92 Å². The number of aromatic nitrogens is 4. The minimum atomic E-state index is -0.0152. The van der Waals surface area contributed by atoms with Crippen molar-refractivity contribution in [3.8, 4) is 0 Å². The van der Waals surface area contributed by atoms with E-state index >= 15 is 0 Å². The van der Waals surface area contributed by atoms with Gasteiger partial charge in [-0.2, -0.15) is 0 Å². The summed E-state index contributed by atoms with van der Waals surface area (Å²) in [6.45, 7) is 2.86. The molecule has 1 amide bonds. The monoisotopic (exact) mass is 153 g/mol. The van der Waals surface area contributed by atoms with Crippen molar-refractivity contribution < 1.29 is 4.79 Å². The molecule has 0 aromatic carbocycles. The third-order valence-electron chi connectivity index (χ3n) is 1.67. The van der Waals surface area contributed by atoms with E-state index in [-0.39, 0.29) is 5.91 Å². The summed E-state index contributed by atoms with van der Waals surface area (Å²) in [5.74, 6) is 0.538. The number of hydrogen-bond donors (Lipinski definition) is 0. The number of tetrazole rings is 1. The van der Waals surface area contributed by atoms with Crippen molar-refractivity contribution in [2.45, 2.75) is 13.5 Å². The first-order valence-corrected chi connectivity index (χ1v) is 3.33. The van der Waals surface area contributed by atoms with Crippen molar-refractivity contribution in [1.29, 1.82) is 0 Å². The predicted octanol–water partition coefficient (Wildman–Crippen LogP) is -0.960. The predicted molar refractivity (Wildman–Crippen MR) is 35.8 cm³/mol. The third-order valence-corrected chi connectivity index (χ3v) is 1.67. The van der Waals surface area contributed by atoms with Crippen molar-refractivity contribution in [1.82, 2.24) is 20.2 Å². The molecule has 1 aromatic heterocycles. The highest BCUT2D eigenvalue weighted by Crippen LogP contribution is 2.14. The standard InChI is InChI=1S/C5H7N5O/c1-4(11)9-2-3-10-5(9)6-7-8-10/h2-3H2,1H3. The van der Waals surface area contributed by atoms with Crippen molar-refractivity contribution in [3.05, 3.63) is 0 Å². The molecule has 2 rings (SSSR count). The lowest BCUT2D eigenvalue weighted by Gasteiger charge is -2.07. The molecule has 0 aliphatic carbocycles. The van der Waals surface area contributed by atoms with Crippen LogP contribution in [0.2, 0.25) is 0 Å². The highest BCUT2D eigenvalue weighted by molar-refractivity contribution is 5.90. The minimum absolute atomic E-state index is 0.0152. The molecule has 0 bridgehead atoms. The molecule has 2 heterocycles. The Labute approximate surface area is 62.8 Å². The van der Waals surface area contributed by atoms with E-state index in [0.29, 0.717) is 19.0 Å². The number of amides is 1. The van der Waals surface area contributed by atoms with Crippen molar-refractivity contribution >= 4 is 11.9 Å². The minimum Gasteiger partial charge on any atom is -0.278 e. The topological polar surface area (TPSA) is 63.9 Å². The molecule has 1 aliphatic heterocycles. The van der Waals surface area contributed by atoms with E-state index in [1.165, 1.54) is 6.92 Å². The van der Waals surface area contributed by atoms with E-state index in [9.17, 15) is 4.79 Å². The van der Waals surface area contributed by atoms with Crippen molar-refractivity contribution in [2.24, 2.45) is 0 Å². The molecule has 0 unspecified atom stereocenters. The zero-order valence-electron chi connectivity index (χ0n) is 6.06. The smallest absolute Gasteiger partial charge is 0.252 e. The Morgan fingerprint density at radius 3 is 3.09 bits per heavy atom. The molecular weight excluding hydrogens is 146 g/mol. The van der Waals surface area contributed by atoms with Gasteiger partial charge in [-0.05, 0) is 10.4 Å². The van der Waals surface area contributed by atoms with Crippen LogP contribution < -0.4 is 4.90 Å². The van der Waals surface area contributed by atoms with Gasteiger partial charge in [-0.1, -0.05) is 5.10 Å². The molecule has 6 heteroatoms. The van der Waals surface area contributed by atoms with Gasteiger partial charge in [0.15, 0.2) is 0 Å². The largest absolute Gasteiger partial charge is 0.278 e. The molecule has 0 saturated heterocycles. The quantitative estimate of drug-likeness (QED) is 0.481. The van der Waals surface area contributed by atoms with Gasteiger partial charge >= 0.3 is 0 Å². The summed E-state index contributed by atoms with van der Waals surface area (Å²) < 4.78 is 1.61. The Morgan fingerprint density at radius 1 is 1.55 bits per heavy atom. The van der Waals surface area contributed by atoms with Crippen LogP contribution in [0.25, 0.3) is 0 Å². The molecule has 0 radical (unpaired) electrons. The number of anilines is 1. The summed E-state index contributed by atoms with van der Waals surface area (Å²) in [4.78, 5) is 12.5. The van der Waals surface area contributed by atoms with Gasteiger partial charge in [-0.25, -0.2) is 4.68 Å². The van der Waals surface area contributed by atoms with Crippen LogP contribution in [-0.4, -0.2) is 32.7 Å². The normalized spacial score (nSPS) is 15.2. The molecule has 11 heavy (non-hydrogen) atoms. The summed E-state index contributed by atoms with van der Waals surface area (Å²) in [5, 5.41) is 10.8. The highest BCUT2D eigenvalue weighted by atomic mass is 16.2. The Bertz CT molecular complexity index is 293. The van der Waals surface area contributed by atoms with E-state index < -0.39 is 0 Å². The van der Waals surface area contributed by atoms with Crippen LogP contribution >= 0.6 is 0 Å². The Kier molecular flexibility index (Phi) is 1.14. The summed E-state index contributed by atoms with van der Waals surface area (Å²) in [5.41, 5.74) is 0. The zero-order chi connectivity index (χ0) is 7.84. The van der Waals surface area contributed by atoms with Crippen molar-refractivity contribution in [2.75, 3.05) is 11.4 Å². The Morgan fingerprint density at radius 2 is 2.36 bits per heavy atom. The lowest BCUT2D eigenvalue weighted by atomic mass is 10.5. The van der Waals surface area contributed by atoms with Gasteiger partial charge in [0.05, 0.1) is 6.54 Å². The second-order valence-electron chi connectivity index (χ2n) is 2.37. The van der Waals surface area contributed by atoms with E-state index in [4.69, 9.17) is 0 Å². The summed E-state index contributed by atoms with van der Waals surface area (Å²) >= 11 is 0. The maximum Gasteiger partial charge on any atom is 0.252 e. The number of hydrogen-bond acceptors (Lipinski definition) is 4. The molecule has 6 nitrogen and oxygen atoms in total. The number of carbonyl (C=O) groups excluding carboxylic acids is 1. The number of carbonyl (C=O) groups is 1. The number of fused-ring (bicyclic) bond motifs is 1. The molecule has 0 atom stereocenters. The van der Waals surface area contributed by atoms with E-state index in [1.807, 2.05) is 0 Å². The average Bonchev–Trinajstić information content (AvgIpc) is 2.41. The second kappa shape index (κ2) is 2.01. The molecular formula is C5H7N5O. The Balaban J connectivity index is 2.38. The molecule has 0 spiro atoms. The molecule has 0 N–H and O–H groups in total. The van der Waals surface area contributed by atoms with Crippen LogP contribution in [0.15, 0.2) is 0 Å². The van der Waals surface area contributed by atoms with Crippen LogP contribution in [0.3, 0.4) is 0 Å². The van der Waals surface area contributed by atoms with E-state index in [1.54, 1.807) is 9.58 Å². The highest BCUT2D eigenvalue weighted by Gasteiger charge is 2.24. The fourth-order valence-electron chi connectivity index (χ4n) is 1.13. The third kappa shape index (κ3) is 0.787. The summed E-state index contributed by atoms with van der Waals surface area (Å²) in [7, 11) is 0. The number of nitrogens with zero attached hydrogens (tertiary/aromatic N) is 5. The van der Waals surface area contributed by atoms with Gasteiger partial charge in [0.2, 0.25) is 5.91 Å². The lowest BCUT2D eigenvalue weighted by molar-refractivity contribution is -0.116. The van der Waals surface area contributed by atoms with Gasteiger partial charge in [0.25, 0.3) is 5.95 Å². The molecule has 1 aromatic rings. The van der Waals surface area contributed by atoms with Gasteiger partial charge in [-0.15, -0.1) is 0 Å². The van der Waals surface area contributed by atoms with E-state index in [0.717, 1.165) is 0 Å². The van der Waals surface area contributed by atoms with Crippen LogP contribution in [0.4, 0.5) is 5.95 Å². The van der Waals surface area contributed by atoms with Crippen LogP contribution in [0.5, 0.6) is 0 Å². The fourth-order valence-corrected chi connectivity index (χ4v) is 1.13. The number of rotatable bonds is 0. The molecule has 0 fully saturated rings. The fraction of sp³-hybridized carbons (Fsp3) is 0.600. The average molecular weight is 153 g/mol. The SMILES string of the molecule is CC(=O)N1CCn2nnnc21. The first-order valence-electron chi connectivity index (χ1n) is 3.33. The summed E-state index contributed by atoms with van der Waals surface area (Å²) in [6, 6.07) is 0. The second-order valence-corrected chi connectivity index (χ2v) is 2.37. The molecule has 58 valence electrons. The maximum atomic E-state index is 10.9.